The van der Waals surface area contributed by atoms with Gasteiger partial charge < -0.3 is 10.1 Å². The van der Waals surface area contributed by atoms with Gasteiger partial charge in [0.25, 0.3) is 5.91 Å². The van der Waals surface area contributed by atoms with E-state index in [1.165, 1.54) is 0 Å². The number of rotatable bonds is 6. The largest absolute Gasteiger partial charge is 0.460 e. The van der Waals surface area contributed by atoms with Gasteiger partial charge >= 0.3 is 5.97 Å². The third-order valence-corrected chi connectivity index (χ3v) is 4.16. The van der Waals surface area contributed by atoms with Crippen molar-refractivity contribution in [1.29, 1.82) is 0 Å². The molecule has 3 rings (SSSR count). The van der Waals surface area contributed by atoms with Gasteiger partial charge in [0, 0.05) is 0 Å². The molecule has 0 saturated carbocycles. The molecule has 0 fully saturated rings. The summed E-state index contributed by atoms with van der Waals surface area (Å²) < 4.78 is 6.90. The van der Waals surface area contributed by atoms with Crippen LogP contribution < -0.4 is 5.32 Å². The van der Waals surface area contributed by atoms with Crippen molar-refractivity contribution in [2.75, 3.05) is 6.54 Å². The summed E-state index contributed by atoms with van der Waals surface area (Å²) in [5, 5.41) is 7.06. The van der Waals surface area contributed by atoms with E-state index in [9.17, 15) is 9.59 Å². The number of aryl methyl sites for hydroxylation is 1. The topological polar surface area (TPSA) is 73.2 Å². The van der Waals surface area contributed by atoms with E-state index in [1.54, 1.807) is 11.6 Å². The molecule has 0 bridgehead atoms. The Morgan fingerprint density at radius 3 is 2.30 bits per heavy atom. The van der Waals surface area contributed by atoms with E-state index >= 15 is 0 Å². The van der Waals surface area contributed by atoms with Crippen molar-refractivity contribution < 1.29 is 14.3 Å². The van der Waals surface area contributed by atoms with Crippen LogP contribution in [0.3, 0.4) is 0 Å². The second-order valence-corrected chi connectivity index (χ2v) is 6.12. The highest BCUT2D eigenvalue weighted by Crippen LogP contribution is 2.17. The molecule has 6 nitrogen and oxygen atoms in total. The highest BCUT2D eigenvalue weighted by atomic mass is 16.5. The highest BCUT2D eigenvalue weighted by Gasteiger charge is 2.20. The van der Waals surface area contributed by atoms with Crippen molar-refractivity contribution in [3.05, 3.63) is 83.2 Å². The van der Waals surface area contributed by atoms with Gasteiger partial charge in [0.15, 0.2) is 0 Å². The predicted molar refractivity (Wildman–Crippen MR) is 102 cm³/mol. The standard InChI is InChI=1S/C21H21N3O3/c1-15-20(16(2)24(23-15)18-11-7-4-8-12-18)21(26)22-13-19(25)27-14-17-9-5-3-6-10-17/h3-12H,13-14H2,1-2H3,(H,22,26). The number of nitrogens with zero attached hydrogens (tertiary/aromatic N) is 2. The van der Waals surface area contributed by atoms with Gasteiger partial charge in [0.05, 0.1) is 22.6 Å². The maximum atomic E-state index is 12.5. The molecule has 0 spiro atoms. The number of esters is 1. The Hall–Kier alpha value is -3.41. The molecule has 1 heterocycles. The fraction of sp³-hybridized carbons (Fsp3) is 0.190. The van der Waals surface area contributed by atoms with Crippen molar-refractivity contribution in [3.63, 3.8) is 0 Å². The SMILES string of the molecule is Cc1nn(-c2ccccc2)c(C)c1C(=O)NCC(=O)OCc1ccccc1. The molecule has 1 aromatic heterocycles. The Labute approximate surface area is 157 Å². The lowest BCUT2D eigenvalue weighted by Gasteiger charge is -2.07. The number of hydrogen-bond acceptors (Lipinski definition) is 4. The minimum absolute atomic E-state index is 0.180. The Balaban J connectivity index is 1.61. The lowest BCUT2D eigenvalue weighted by Crippen LogP contribution is -2.31. The van der Waals surface area contributed by atoms with E-state index in [2.05, 4.69) is 10.4 Å². The number of carbonyl (C=O) groups excluding carboxylic acids is 2. The van der Waals surface area contributed by atoms with Crippen LogP contribution in [0.2, 0.25) is 0 Å². The maximum absolute atomic E-state index is 12.5. The molecule has 0 atom stereocenters. The molecule has 3 aromatic rings. The minimum atomic E-state index is -0.488. The molecule has 0 aliphatic rings. The summed E-state index contributed by atoms with van der Waals surface area (Å²) in [5.74, 6) is -0.832. The summed E-state index contributed by atoms with van der Waals surface area (Å²) in [6.07, 6.45) is 0. The van der Waals surface area contributed by atoms with E-state index in [0.717, 1.165) is 11.3 Å². The van der Waals surface area contributed by atoms with Gasteiger partial charge in [0.2, 0.25) is 0 Å². The van der Waals surface area contributed by atoms with Gasteiger partial charge in [-0.1, -0.05) is 48.5 Å². The summed E-state index contributed by atoms with van der Waals surface area (Å²) in [7, 11) is 0. The summed E-state index contributed by atoms with van der Waals surface area (Å²) in [4.78, 5) is 24.4. The normalized spacial score (nSPS) is 10.4. The van der Waals surface area contributed by atoms with Crippen molar-refractivity contribution in [1.82, 2.24) is 15.1 Å². The zero-order valence-electron chi connectivity index (χ0n) is 15.3. The first-order chi connectivity index (χ1) is 13.1. The second kappa shape index (κ2) is 8.31. The lowest BCUT2D eigenvalue weighted by atomic mass is 10.2. The molecular formula is C21H21N3O3. The monoisotopic (exact) mass is 363 g/mol. The molecule has 0 aliphatic carbocycles. The second-order valence-electron chi connectivity index (χ2n) is 6.12. The average molecular weight is 363 g/mol. The van der Waals surface area contributed by atoms with Crippen molar-refractivity contribution >= 4 is 11.9 Å². The number of hydrogen-bond donors (Lipinski definition) is 1. The molecule has 2 aromatic carbocycles. The van der Waals surface area contributed by atoms with Gasteiger partial charge in [-0.15, -0.1) is 0 Å². The van der Waals surface area contributed by atoms with E-state index in [1.807, 2.05) is 67.6 Å². The van der Waals surface area contributed by atoms with E-state index < -0.39 is 5.97 Å². The van der Waals surface area contributed by atoms with Gasteiger partial charge in [-0.2, -0.15) is 5.10 Å². The van der Waals surface area contributed by atoms with Crippen LogP contribution >= 0.6 is 0 Å². The minimum Gasteiger partial charge on any atom is -0.460 e. The number of ether oxygens (including phenoxy) is 1. The lowest BCUT2D eigenvalue weighted by molar-refractivity contribution is -0.143. The molecule has 0 radical (unpaired) electrons. The number of benzene rings is 2. The van der Waals surface area contributed by atoms with Crippen LogP contribution in [0.15, 0.2) is 60.7 Å². The molecule has 1 N–H and O–H groups in total. The number of aromatic nitrogens is 2. The van der Waals surface area contributed by atoms with E-state index in [0.29, 0.717) is 17.0 Å². The number of nitrogens with one attached hydrogen (secondary N) is 1. The van der Waals surface area contributed by atoms with Crippen molar-refractivity contribution in [2.45, 2.75) is 20.5 Å². The Morgan fingerprint density at radius 2 is 1.63 bits per heavy atom. The van der Waals surface area contributed by atoms with Crippen LogP contribution in [0, 0.1) is 13.8 Å². The quantitative estimate of drug-likeness (QED) is 0.684. The Bertz CT molecular complexity index is 934. The summed E-state index contributed by atoms with van der Waals surface area (Å²) >= 11 is 0. The Kier molecular flexibility index (Phi) is 5.66. The van der Waals surface area contributed by atoms with Gasteiger partial charge in [-0.25, -0.2) is 4.68 Å². The van der Waals surface area contributed by atoms with Crippen LogP contribution in [0.5, 0.6) is 0 Å². The average Bonchev–Trinajstić information content (AvgIpc) is 3.00. The third-order valence-electron chi connectivity index (χ3n) is 4.16. The molecule has 1 amide bonds. The summed E-state index contributed by atoms with van der Waals surface area (Å²) in [5.41, 5.74) is 3.56. The zero-order valence-corrected chi connectivity index (χ0v) is 15.3. The smallest absolute Gasteiger partial charge is 0.325 e. The predicted octanol–water partition coefficient (Wildman–Crippen LogP) is 2.96. The van der Waals surface area contributed by atoms with Crippen LogP contribution in [0.25, 0.3) is 5.69 Å². The van der Waals surface area contributed by atoms with Crippen LogP contribution in [0.4, 0.5) is 0 Å². The van der Waals surface area contributed by atoms with Crippen molar-refractivity contribution in [3.8, 4) is 5.69 Å². The summed E-state index contributed by atoms with van der Waals surface area (Å²) in [6, 6.07) is 19.0. The van der Waals surface area contributed by atoms with Crippen LogP contribution in [-0.2, 0) is 16.1 Å². The van der Waals surface area contributed by atoms with Crippen molar-refractivity contribution in [2.24, 2.45) is 0 Å². The molecule has 0 unspecified atom stereocenters. The van der Waals surface area contributed by atoms with Gasteiger partial charge in [0.1, 0.15) is 13.2 Å². The first kappa shape index (κ1) is 18.4. The molecule has 27 heavy (non-hydrogen) atoms. The van der Waals surface area contributed by atoms with Gasteiger partial charge in [-0.05, 0) is 31.5 Å². The first-order valence-electron chi connectivity index (χ1n) is 8.65. The molecule has 138 valence electrons. The molecule has 0 saturated heterocycles. The van der Waals surface area contributed by atoms with Crippen LogP contribution in [0.1, 0.15) is 27.3 Å². The number of amides is 1. The maximum Gasteiger partial charge on any atom is 0.325 e. The number of para-hydroxylation sites is 1. The first-order valence-corrected chi connectivity index (χ1v) is 8.65. The summed E-state index contributed by atoms with van der Waals surface area (Å²) in [6.45, 7) is 3.59. The van der Waals surface area contributed by atoms with E-state index in [-0.39, 0.29) is 19.1 Å². The fourth-order valence-electron chi connectivity index (χ4n) is 2.82. The Morgan fingerprint density at radius 1 is 1.00 bits per heavy atom. The highest BCUT2D eigenvalue weighted by molar-refractivity contribution is 5.98. The third kappa shape index (κ3) is 4.41. The van der Waals surface area contributed by atoms with Gasteiger partial charge in [-0.3, -0.25) is 9.59 Å². The number of carbonyl (C=O) groups is 2. The van der Waals surface area contributed by atoms with Crippen LogP contribution in [-0.4, -0.2) is 28.2 Å². The fourth-order valence-corrected chi connectivity index (χ4v) is 2.82. The molecule has 0 aliphatic heterocycles. The molecular weight excluding hydrogens is 342 g/mol. The molecule has 6 heteroatoms. The van der Waals surface area contributed by atoms with E-state index in [4.69, 9.17) is 4.74 Å². The zero-order chi connectivity index (χ0) is 19.2.